The van der Waals surface area contributed by atoms with Crippen molar-refractivity contribution < 1.29 is 17.6 Å². The van der Waals surface area contributed by atoms with Crippen LogP contribution in [0.5, 0.6) is 0 Å². The van der Waals surface area contributed by atoms with Crippen molar-refractivity contribution in [2.45, 2.75) is 31.6 Å². The molecule has 0 spiro atoms. The predicted octanol–water partition coefficient (Wildman–Crippen LogP) is 2.87. The van der Waals surface area contributed by atoms with Crippen LogP contribution in [0.1, 0.15) is 30.9 Å². The van der Waals surface area contributed by atoms with Gasteiger partial charge in [0.05, 0.1) is 11.2 Å². The molecule has 1 amide bonds. The summed E-state index contributed by atoms with van der Waals surface area (Å²) < 4.78 is 39.0. The van der Waals surface area contributed by atoms with Gasteiger partial charge in [-0.25, -0.2) is 17.1 Å². The van der Waals surface area contributed by atoms with Crippen molar-refractivity contribution in [3.05, 3.63) is 71.5 Å². The second kappa shape index (κ2) is 9.05. The molecule has 0 aliphatic carbocycles. The first-order valence-electron chi connectivity index (χ1n) is 9.93. The summed E-state index contributed by atoms with van der Waals surface area (Å²) in [6.45, 7) is 2.74. The van der Waals surface area contributed by atoms with E-state index in [0.29, 0.717) is 38.9 Å². The molecule has 1 saturated heterocycles. The Labute approximate surface area is 172 Å². The van der Waals surface area contributed by atoms with Crippen molar-refractivity contribution in [2.24, 2.45) is 0 Å². The van der Waals surface area contributed by atoms with Gasteiger partial charge in [0.15, 0.2) is 0 Å². The monoisotopic (exact) mass is 418 g/mol. The highest BCUT2D eigenvalue weighted by atomic mass is 32.2. The van der Waals surface area contributed by atoms with Crippen LogP contribution in [-0.2, 0) is 26.7 Å². The fraction of sp³-hybridized carbons (Fsp3) is 0.409. The third-order valence-electron chi connectivity index (χ3n) is 5.71. The molecule has 0 atom stereocenters. The molecular formula is C22H27FN2O3S. The summed E-state index contributed by atoms with van der Waals surface area (Å²) in [5.41, 5.74) is 1.11. The lowest BCUT2D eigenvalue weighted by molar-refractivity contribution is -0.128. The zero-order valence-corrected chi connectivity index (χ0v) is 17.4. The molecule has 3 rings (SSSR count). The Morgan fingerprint density at radius 3 is 2.28 bits per heavy atom. The molecule has 2 aromatic rings. The Morgan fingerprint density at radius 2 is 1.69 bits per heavy atom. The number of amides is 1. The lowest BCUT2D eigenvalue weighted by atomic mass is 9.72. The third-order valence-corrected chi connectivity index (χ3v) is 7.59. The first-order chi connectivity index (χ1) is 13.9. The van der Waals surface area contributed by atoms with Gasteiger partial charge in [0, 0.05) is 19.6 Å². The summed E-state index contributed by atoms with van der Waals surface area (Å²) in [6, 6.07) is 15.8. The number of nitrogens with zero attached hydrogens (tertiary/aromatic N) is 1. The largest absolute Gasteiger partial charge is 0.355 e. The number of carbonyl (C=O) groups is 1. The van der Waals surface area contributed by atoms with E-state index in [1.165, 1.54) is 16.4 Å². The summed E-state index contributed by atoms with van der Waals surface area (Å²) in [7, 11) is -3.26. The first-order valence-corrected chi connectivity index (χ1v) is 11.5. The molecule has 0 unspecified atom stereocenters. The second-order valence-corrected chi connectivity index (χ2v) is 9.64. The molecule has 0 radical (unpaired) electrons. The Kier molecular flexibility index (Phi) is 6.70. The van der Waals surface area contributed by atoms with Crippen LogP contribution >= 0.6 is 0 Å². The van der Waals surface area contributed by atoms with Crippen LogP contribution in [0, 0.1) is 5.82 Å². The highest BCUT2D eigenvalue weighted by Gasteiger charge is 2.44. The van der Waals surface area contributed by atoms with Gasteiger partial charge in [0.2, 0.25) is 15.9 Å². The fourth-order valence-electron chi connectivity index (χ4n) is 3.87. The fourth-order valence-corrected chi connectivity index (χ4v) is 4.98. The number of rotatable bonds is 7. The number of hydrogen-bond acceptors (Lipinski definition) is 3. The molecule has 1 N–H and O–H groups in total. The topological polar surface area (TPSA) is 66.5 Å². The summed E-state index contributed by atoms with van der Waals surface area (Å²) in [4.78, 5) is 13.3. The molecular weight excluding hydrogens is 391 g/mol. The van der Waals surface area contributed by atoms with Crippen LogP contribution in [0.4, 0.5) is 4.39 Å². The minimum absolute atomic E-state index is 0.0647. The predicted molar refractivity (Wildman–Crippen MR) is 112 cm³/mol. The molecule has 1 fully saturated rings. The molecule has 0 aromatic heterocycles. The molecule has 1 heterocycles. The Hall–Kier alpha value is -2.25. The highest BCUT2D eigenvalue weighted by molar-refractivity contribution is 7.89. The summed E-state index contributed by atoms with van der Waals surface area (Å²) in [6.07, 6.45) is 1.49. The van der Waals surface area contributed by atoms with Crippen molar-refractivity contribution in [1.82, 2.24) is 9.62 Å². The third kappa shape index (κ3) is 4.85. The number of carbonyl (C=O) groups excluding carboxylic acids is 1. The average molecular weight is 419 g/mol. The number of halogens is 1. The maximum Gasteiger partial charge on any atom is 0.230 e. The van der Waals surface area contributed by atoms with E-state index < -0.39 is 15.4 Å². The van der Waals surface area contributed by atoms with E-state index in [4.69, 9.17) is 0 Å². The van der Waals surface area contributed by atoms with Crippen LogP contribution in [-0.4, -0.2) is 44.0 Å². The normalized spacial score (nSPS) is 17.0. The lowest BCUT2D eigenvalue weighted by Crippen LogP contribution is -2.53. The van der Waals surface area contributed by atoms with Gasteiger partial charge in [-0.2, -0.15) is 0 Å². The van der Waals surface area contributed by atoms with Crippen LogP contribution in [0.2, 0.25) is 0 Å². The van der Waals surface area contributed by atoms with E-state index >= 15 is 0 Å². The van der Waals surface area contributed by atoms with E-state index in [2.05, 4.69) is 5.32 Å². The molecule has 5 nitrogen and oxygen atoms in total. The minimum atomic E-state index is -3.26. The van der Waals surface area contributed by atoms with E-state index in [0.717, 1.165) is 11.1 Å². The van der Waals surface area contributed by atoms with Crippen LogP contribution < -0.4 is 5.32 Å². The van der Waals surface area contributed by atoms with E-state index in [1.54, 1.807) is 19.1 Å². The Morgan fingerprint density at radius 1 is 1.07 bits per heavy atom. The molecule has 1 aliphatic rings. The van der Waals surface area contributed by atoms with E-state index in [-0.39, 0.29) is 17.5 Å². The molecule has 29 heavy (non-hydrogen) atoms. The zero-order valence-electron chi connectivity index (χ0n) is 16.6. The molecule has 0 bridgehead atoms. The molecule has 0 saturated carbocycles. The highest BCUT2D eigenvalue weighted by Crippen LogP contribution is 2.36. The van der Waals surface area contributed by atoms with Crippen LogP contribution in [0.3, 0.4) is 0 Å². The first kappa shape index (κ1) is 21.5. The number of nitrogens with one attached hydrogen (secondary N) is 1. The van der Waals surface area contributed by atoms with Gasteiger partial charge < -0.3 is 5.32 Å². The minimum Gasteiger partial charge on any atom is -0.355 e. The zero-order chi connectivity index (χ0) is 20.9. The summed E-state index contributed by atoms with van der Waals surface area (Å²) in [5, 5.41) is 3.02. The quantitative estimate of drug-likeness (QED) is 0.752. The lowest BCUT2D eigenvalue weighted by Gasteiger charge is -2.40. The summed E-state index contributed by atoms with van der Waals surface area (Å²) in [5.74, 6) is -0.302. The average Bonchev–Trinajstić information content (AvgIpc) is 2.75. The molecule has 7 heteroatoms. The van der Waals surface area contributed by atoms with E-state index in [9.17, 15) is 17.6 Å². The number of sulfonamides is 1. The number of hydrogen-bond donors (Lipinski definition) is 1. The second-order valence-electron chi connectivity index (χ2n) is 7.38. The molecule has 156 valence electrons. The van der Waals surface area contributed by atoms with Crippen molar-refractivity contribution in [3.63, 3.8) is 0 Å². The van der Waals surface area contributed by atoms with Crippen molar-refractivity contribution in [1.29, 1.82) is 0 Å². The van der Waals surface area contributed by atoms with Crippen LogP contribution in [0.15, 0.2) is 54.6 Å². The van der Waals surface area contributed by atoms with Gasteiger partial charge in [-0.15, -0.1) is 0 Å². The van der Waals surface area contributed by atoms with Gasteiger partial charge in [-0.05, 0) is 49.4 Å². The maximum atomic E-state index is 13.3. The molecule has 1 aliphatic heterocycles. The van der Waals surface area contributed by atoms with Gasteiger partial charge in [-0.1, -0.05) is 42.5 Å². The van der Waals surface area contributed by atoms with Crippen molar-refractivity contribution in [3.8, 4) is 0 Å². The SMILES string of the molecule is CCS(=O)(=O)N1CCC(C(=O)NCCc2ccc(F)cc2)(c2ccccc2)CC1. The Bertz CT molecular complexity index is 922. The number of benzene rings is 2. The molecule has 2 aromatic carbocycles. The Balaban J connectivity index is 1.72. The van der Waals surface area contributed by atoms with Gasteiger partial charge in [-0.3, -0.25) is 4.79 Å². The number of piperidine rings is 1. The maximum absolute atomic E-state index is 13.3. The van der Waals surface area contributed by atoms with Gasteiger partial charge >= 0.3 is 0 Å². The van der Waals surface area contributed by atoms with Crippen molar-refractivity contribution >= 4 is 15.9 Å². The van der Waals surface area contributed by atoms with Gasteiger partial charge in [0.1, 0.15) is 5.82 Å². The van der Waals surface area contributed by atoms with Crippen LogP contribution in [0.25, 0.3) is 0 Å². The summed E-state index contributed by atoms with van der Waals surface area (Å²) >= 11 is 0. The van der Waals surface area contributed by atoms with Crippen molar-refractivity contribution in [2.75, 3.05) is 25.4 Å². The standard InChI is InChI=1S/C22H27FN2O3S/c1-2-29(27,28)25-16-13-22(14-17-25,19-6-4-3-5-7-19)21(26)24-15-12-18-8-10-20(23)11-9-18/h3-11H,2,12-17H2,1H3,(H,24,26). The van der Waals surface area contributed by atoms with Gasteiger partial charge in [0.25, 0.3) is 0 Å². The van der Waals surface area contributed by atoms with E-state index in [1.807, 2.05) is 30.3 Å². The smallest absolute Gasteiger partial charge is 0.230 e.